The lowest BCUT2D eigenvalue weighted by molar-refractivity contribution is 0.0702. The van der Waals surface area contributed by atoms with E-state index in [-0.39, 0.29) is 0 Å². The van der Waals surface area contributed by atoms with Gasteiger partial charge in [-0.1, -0.05) is 11.6 Å². The average molecular weight is 348 g/mol. The van der Waals surface area contributed by atoms with Crippen LogP contribution in [0.2, 0.25) is 4.34 Å². The lowest BCUT2D eigenvalue weighted by Gasteiger charge is -2.10. The molecule has 0 radical (unpaired) electrons. The summed E-state index contributed by atoms with van der Waals surface area (Å²) in [4.78, 5) is 5.81. The van der Waals surface area contributed by atoms with Gasteiger partial charge in [-0.3, -0.25) is 4.99 Å². The van der Waals surface area contributed by atoms with Crippen molar-refractivity contribution in [1.29, 1.82) is 0 Å². The van der Waals surface area contributed by atoms with E-state index >= 15 is 0 Å². The molecule has 0 atom stereocenters. The summed E-state index contributed by atoms with van der Waals surface area (Å²) >= 11 is 7.55. The van der Waals surface area contributed by atoms with Crippen molar-refractivity contribution in [3.8, 4) is 0 Å². The van der Waals surface area contributed by atoms with Crippen LogP contribution in [0.3, 0.4) is 0 Å². The fourth-order valence-corrected chi connectivity index (χ4v) is 2.82. The Kier molecular flexibility index (Phi) is 11.1. The summed E-state index contributed by atoms with van der Waals surface area (Å²) in [6.45, 7) is 6.48. The van der Waals surface area contributed by atoms with Crippen LogP contribution in [0.5, 0.6) is 0 Å². The Morgan fingerprint density at radius 3 is 2.82 bits per heavy atom. The van der Waals surface area contributed by atoms with Gasteiger partial charge in [0.05, 0.1) is 17.6 Å². The molecule has 0 amide bonds. The van der Waals surface area contributed by atoms with E-state index in [9.17, 15) is 0 Å². The maximum atomic E-state index is 5.92. The van der Waals surface area contributed by atoms with E-state index in [1.54, 1.807) is 18.4 Å². The third-order valence-corrected chi connectivity index (χ3v) is 4.08. The van der Waals surface area contributed by atoms with Gasteiger partial charge in [0, 0.05) is 38.2 Å². The first-order valence-corrected chi connectivity index (χ1v) is 8.78. The quantitative estimate of drug-likeness (QED) is 0.367. The second kappa shape index (κ2) is 12.7. The smallest absolute Gasteiger partial charge is 0.191 e. The number of nitrogens with zero attached hydrogens (tertiary/aromatic N) is 1. The largest absolute Gasteiger partial charge is 0.382 e. The van der Waals surface area contributed by atoms with Gasteiger partial charge in [-0.05, 0) is 31.9 Å². The predicted molar refractivity (Wildman–Crippen MR) is 94.3 cm³/mol. The van der Waals surface area contributed by atoms with E-state index in [1.807, 2.05) is 6.07 Å². The minimum Gasteiger partial charge on any atom is -0.382 e. The molecule has 0 aromatic carbocycles. The van der Waals surface area contributed by atoms with Gasteiger partial charge < -0.3 is 20.1 Å². The first kappa shape index (κ1) is 19.2. The minimum atomic E-state index is 0.639. The Morgan fingerprint density at radius 1 is 1.27 bits per heavy atom. The van der Waals surface area contributed by atoms with Gasteiger partial charge in [-0.15, -0.1) is 11.3 Å². The molecule has 5 nitrogen and oxygen atoms in total. The molecule has 0 fully saturated rings. The molecule has 1 rings (SSSR count). The molecule has 1 aromatic heterocycles. The third kappa shape index (κ3) is 9.25. The summed E-state index contributed by atoms with van der Waals surface area (Å²) in [5, 5.41) is 6.57. The van der Waals surface area contributed by atoms with Crippen molar-refractivity contribution in [2.75, 3.05) is 46.6 Å². The second-order valence-electron chi connectivity index (χ2n) is 4.60. The van der Waals surface area contributed by atoms with Crippen LogP contribution in [0.1, 0.15) is 18.2 Å². The number of hydrogen-bond donors (Lipinski definition) is 2. The normalized spacial score (nSPS) is 11.7. The summed E-state index contributed by atoms with van der Waals surface area (Å²) in [6, 6.07) is 4.00. The average Bonchev–Trinajstić information content (AvgIpc) is 2.92. The van der Waals surface area contributed by atoms with Crippen LogP contribution in [0.15, 0.2) is 17.1 Å². The molecule has 0 saturated heterocycles. The van der Waals surface area contributed by atoms with Crippen LogP contribution < -0.4 is 10.6 Å². The Bertz CT molecular complexity index is 427. The zero-order valence-electron chi connectivity index (χ0n) is 13.4. The lowest BCUT2D eigenvalue weighted by atomic mass is 10.3. The Labute approximate surface area is 142 Å². The molecule has 22 heavy (non-hydrogen) atoms. The van der Waals surface area contributed by atoms with E-state index < -0.39 is 0 Å². The summed E-state index contributed by atoms with van der Waals surface area (Å²) in [5.41, 5.74) is 0. The monoisotopic (exact) mass is 347 g/mol. The number of ether oxygens (including phenoxy) is 2. The summed E-state index contributed by atoms with van der Waals surface area (Å²) < 4.78 is 11.2. The molecule has 0 aliphatic carbocycles. The van der Waals surface area contributed by atoms with Crippen LogP contribution in [-0.2, 0) is 15.9 Å². The molecule has 0 spiro atoms. The molecule has 126 valence electrons. The fraction of sp³-hybridized carbons (Fsp3) is 0.667. The zero-order chi connectivity index (χ0) is 16.0. The predicted octanol–water partition coefficient (Wildman–Crippen LogP) is 2.55. The van der Waals surface area contributed by atoms with Crippen molar-refractivity contribution in [2.45, 2.75) is 19.8 Å². The SMILES string of the molecule is CCNC(=NCCCOCCOC)NCCc1ccc(Cl)s1. The van der Waals surface area contributed by atoms with Crippen LogP contribution in [-0.4, -0.2) is 52.5 Å². The zero-order valence-corrected chi connectivity index (χ0v) is 14.9. The highest BCUT2D eigenvalue weighted by Gasteiger charge is 2.00. The number of nitrogens with one attached hydrogen (secondary N) is 2. The Balaban J connectivity index is 2.18. The van der Waals surface area contributed by atoms with Gasteiger partial charge in [0.25, 0.3) is 0 Å². The molecule has 0 aliphatic heterocycles. The molecular formula is C15H26ClN3O2S. The van der Waals surface area contributed by atoms with E-state index in [4.69, 9.17) is 21.1 Å². The minimum absolute atomic E-state index is 0.639. The summed E-state index contributed by atoms with van der Waals surface area (Å²) in [5.74, 6) is 0.849. The number of thiophene rings is 1. The van der Waals surface area contributed by atoms with Gasteiger partial charge >= 0.3 is 0 Å². The number of methoxy groups -OCH3 is 1. The molecule has 0 bridgehead atoms. The van der Waals surface area contributed by atoms with Crippen molar-refractivity contribution in [1.82, 2.24) is 10.6 Å². The van der Waals surface area contributed by atoms with Crippen molar-refractivity contribution in [3.63, 3.8) is 0 Å². The van der Waals surface area contributed by atoms with Crippen LogP contribution in [0, 0.1) is 0 Å². The van der Waals surface area contributed by atoms with E-state index in [1.165, 1.54) is 4.88 Å². The summed E-state index contributed by atoms with van der Waals surface area (Å²) in [6.07, 6.45) is 1.85. The van der Waals surface area contributed by atoms with Crippen LogP contribution in [0.4, 0.5) is 0 Å². The number of guanidine groups is 1. The van der Waals surface area contributed by atoms with E-state index in [0.29, 0.717) is 19.8 Å². The summed E-state index contributed by atoms with van der Waals surface area (Å²) in [7, 11) is 1.67. The molecule has 1 heterocycles. The van der Waals surface area contributed by atoms with Crippen molar-refractivity contribution in [2.24, 2.45) is 4.99 Å². The highest BCUT2D eigenvalue weighted by atomic mass is 35.5. The lowest BCUT2D eigenvalue weighted by Crippen LogP contribution is -2.38. The molecule has 2 N–H and O–H groups in total. The number of rotatable bonds is 11. The van der Waals surface area contributed by atoms with Gasteiger partial charge in [-0.2, -0.15) is 0 Å². The molecular weight excluding hydrogens is 322 g/mol. The molecule has 1 aromatic rings. The first-order chi connectivity index (χ1) is 10.8. The maximum absolute atomic E-state index is 5.92. The van der Waals surface area contributed by atoms with E-state index in [0.717, 1.165) is 42.8 Å². The topological polar surface area (TPSA) is 54.9 Å². The van der Waals surface area contributed by atoms with Gasteiger partial charge in [0.1, 0.15) is 0 Å². The highest BCUT2D eigenvalue weighted by molar-refractivity contribution is 7.16. The fourth-order valence-electron chi connectivity index (χ4n) is 1.73. The number of halogens is 1. The first-order valence-electron chi connectivity index (χ1n) is 7.59. The van der Waals surface area contributed by atoms with Crippen LogP contribution in [0.25, 0.3) is 0 Å². The maximum Gasteiger partial charge on any atom is 0.191 e. The van der Waals surface area contributed by atoms with Gasteiger partial charge in [0.2, 0.25) is 0 Å². The Morgan fingerprint density at radius 2 is 2.14 bits per heavy atom. The molecule has 7 heteroatoms. The van der Waals surface area contributed by atoms with Gasteiger partial charge in [0.15, 0.2) is 5.96 Å². The molecule has 0 saturated carbocycles. The molecule has 0 unspecified atom stereocenters. The third-order valence-electron chi connectivity index (χ3n) is 2.79. The van der Waals surface area contributed by atoms with Crippen molar-refractivity contribution < 1.29 is 9.47 Å². The number of aliphatic imine (C=N–C) groups is 1. The molecule has 0 aliphatic rings. The van der Waals surface area contributed by atoms with E-state index in [2.05, 4.69) is 28.6 Å². The van der Waals surface area contributed by atoms with Gasteiger partial charge in [-0.25, -0.2) is 0 Å². The second-order valence-corrected chi connectivity index (χ2v) is 6.40. The Hall–Kier alpha value is -0.820. The number of hydrogen-bond acceptors (Lipinski definition) is 4. The van der Waals surface area contributed by atoms with Crippen molar-refractivity contribution in [3.05, 3.63) is 21.3 Å². The van der Waals surface area contributed by atoms with Crippen molar-refractivity contribution >= 4 is 28.9 Å². The highest BCUT2D eigenvalue weighted by Crippen LogP contribution is 2.21. The standard InChI is InChI=1S/C15H26ClN3O2S/c1-3-17-15(18-8-4-10-21-12-11-20-2)19-9-7-13-5-6-14(16)22-13/h5-6H,3-4,7-12H2,1-2H3,(H2,17,18,19). The van der Waals surface area contributed by atoms with Crippen LogP contribution >= 0.6 is 22.9 Å².